The number of imide groups is 1. The van der Waals surface area contributed by atoms with Crippen LogP contribution in [0.15, 0.2) is 0 Å². The molecule has 0 radical (unpaired) electrons. The molecule has 2 aliphatic carbocycles. The first kappa shape index (κ1) is 13.7. The van der Waals surface area contributed by atoms with Crippen LogP contribution in [0.25, 0.3) is 0 Å². The zero-order chi connectivity index (χ0) is 14.6. The lowest BCUT2D eigenvalue weighted by molar-refractivity contribution is -0.156. The van der Waals surface area contributed by atoms with Gasteiger partial charge in [0, 0.05) is 24.8 Å². The number of rotatable bonds is 1. The summed E-state index contributed by atoms with van der Waals surface area (Å²) in [6.45, 7) is 2.05. The topological polar surface area (TPSA) is 94.9 Å². The van der Waals surface area contributed by atoms with Crippen LogP contribution in [-0.4, -0.2) is 51.5 Å². The number of nitrogens with zero attached hydrogens (tertiary/aromatic N) is 1. The predicted octanol–water partition coefficient (Wildman–Crippen LogP) is -0.672. The quantitative estimate of drug-likeness (QED) is 0.621. The molecule has 6 heteroatoms. The van der Waals surface area contributed by atoms with Gasteiger partial charge in [0.25, 0.3) is 0 Å². The normalized spacial score (nSPS) is 44.5. The first-order valence-electron chi connectivity index (χ1n) is 7.21. The number of carbonyl (C=O) groups excluding carboxylic acids is 3. The summed E-state index contributed by atoms with van der Waals surface area (Å²) in [4.78, 5) is 37.8. The van der Waals surface area contributed by atoms with Crippen molar-refractivity contribution in [2.75, 3.05) is 6.54 Å². The number of aliphatic hydroxyl groups is 2. The van der Waals surface area contributed by atoms with Crippen molar-refractivity contribution in [3.63, 3.8) is 0 Å². The van der Waals surface area contributed by atoms with E-state index in [1.54, 1.807) is 6.92 Å². The van der Waals surface area contributed by atoms with Crippen molar-refractivity contribution in [1.82, 2.24) is 4.90 Å². The van der Waals surface area contributed by atoms with E-state index in [0.717, 1.165) is 0 Å². The monoisotopic (exact) mass is 281 g/mol. The van der Waals surface area contributed by atoms with E-state index in [2.05, 4.69) is 0 Å². The molecule has 0 aromatic rings. The summed E-state index contributed by atoms with van der Waals surface area (Å²) in [5.41, 5.74) is 0. The Balaban J connectivity index is 1.98. The maximum absolute atomic E-state index is 12.4. The van der Waals surface area contributed by atoms with Crippen molar-refractivity contribution in [1.29, 1.82) is 0 Å². The lowest BCUT2D eigenvalue weighted by atomic mass is 9.60. The summed E-state index contributed by atoms with van der Waals surface area (Å²) in [7, 11) is 0. The van der Waals surface area contributed by atoms with Crippen LogP contribution in [0.1, 0.15) is 26.2 Å². The number of fused-ring (bicyclic) bond motifs is 3. The molecule has 0 unspecified atom stereocenters. The van der Waals surface area contributed by atoms with E-state index in [-0.39, 0.29) is 24.0 Å². The number of amides is 2. The fraction of sp³-hybridized carbons (Fsp3) is 0.786. The third-order valence-electron chi connectivity index (χ3n) is 5.16. The predicted molar refractivity (Wildman–Crippen MR) is 67.2 cm³/mol. The Morgan fingerprint density at radius 1 is 1.10 bits per heavy atom. The third-order valence-corrected chi connectivity index (χ3v) is 5.16. The summed E-state index contributed by atoms with van der Waals surface area (Å²) in [5, 5.41) is 20.0. The van der Waals surface area contributed by atoms with Crippen molar-refractivity contribution >= 4 is 17.6 Å². The van der Waals surface area contributed by atoms with Crippen LogP contribution in [-0.2, 0) is 14.4 Å². The van der Waals surface area contributed by atoms with Gasteiger partial charge in [-0.3, -0.25) is 19.3 Å². The zero-order valence-corrected chi connectivity index (χ0v) is 11.4. The van der Waals surface area contributed by atoms with Gasteiger partial charge in [-0.15, -0.1) is 0 Å². The fourth-order valence-electron chi connectivity index (χ4n) is 4.22. The van der Waals surface area contributed by atoms with Crippen molar-refractivity contribution in [3.05, 3.63) is 0 Å². The summed E-state index contributed by atoms with van der Waals surface area (Å²) in [6, 6.07) is 0. The van der Waals surface area contributed by atoms with Crippen molar-refractivity contribution in [2.45, 2.75) is 38.4 Å². The second-order valence-corrected chi connectivity index (χ2v) is 6.04. The average Bonchev–Trinajstić information content (AvgIpc) is 2.67. The largest absolute Gasteiger partial charge is 0.390 e. The van der Waals surface area contributed by atoms with Crippen molar-refractivity contribution in [3.8, 4) is 0 Å². The lowest BCUT2D eigenvalue weighted by Crippen LogP contribution is -2.54. The molecule has 1 heterocycles. The molecule has 0 aromatic heterocycles. The molecule has 6 atom stereocenters. The number of carbonyl (C=O) groups is 3. The maximum Gasteiger partial charge on any atom is 0.233 e. The molecule has 6 nitrogen and oxygen atoms in total. The Bertz CT molecular complexity index is 476. The van der Waals surface area contributed by atoms with Gasteiger partial charge in [-0.25, -0.2) is 0 Å². The van der Waals surface area contributed by atoms with Crippen LogP contribution in [0.5, 0.6) is 0 Å². The molecule has 1 aliphatic heterocycles. The molecule has 3 rings (SSSR count). The minimum atomic E-state index is -1.12. The Kier molecular flexibility index (Phi) is 3.17. The van der Waals surface area contributed by atoms with Gasteiger partial charge in [0.1, 0.15) is 5.78 Å². The molecule has 3 aliphatic rings. The van der Waals surface area contributed by atoms with Crippen LogP contribution >= 0.6 is 0 Å². The first-order valence-corrected chi connectivity index (χ1v) is 7.21. The van der Waals surface area contributed by atoms with Gasteiger partial charge in [-0.05, 0) is 19.8 Å². The number of likely N-dealkylation sites (tertiary alicyclic amines) is 1. The van der Waals surface area contributed by atoms with E-state index < -0.39 is 35.9 Å². The molecular formula is C14H19NO5. The molecule has 0 spiro atoms. The van der Waals surface area contributed by atoms with Crippen LogP contribution < -0.4 is 0 Å². The fourth-order valence-corrected chi connectivity index (χ4v) is 4.22. The van der Waals surface area contributed by atoms with Crippen molar-refractivity contribution in [2.24, 2.45) is 23.7 Å². The van der Waals surface area contributed by atoms with E-state index in [1.807, 2.05) is 0 Å². The summed E-state index contributed by atoms with van der Waals surface area (Å²) in [5.74, 6) is -2.67. The number of hydrogen-bond donors (Lipinski definition) is 2. The number of Topliss-reactive ketones (excluding diaryl/α,β-unsaturated/α-hetero) is 1. The van der Waals surface area contributed by atoms with Gasteiger partial charge < -0.3 is 10.2 Å². The zero-order valence-electron chi connectivity index (χ0n) is 11.4. The Hall–Kier alpha value is -1.27. The minimum Gasteiger partial charge on any atom is -0.390 e. The smallest absolute Gasteiger partial charge is 0.233 e. The third kappa shape index (κ3) is 1.67. The van der Waals surface area contributed by atoms with E-state index in [4.69, 9.17) is 0 Å². The molecule has 0 bridgehead atoms. The molecule has 20 heavy (non-hydrogen) atoms. The highest BCUT2D eigenvalue weighted by atomic mass is 16.3. The van der Waals surface area contributed by atoms with Crippen molar-refractivity contribution < 1.29 is 24.6 Å². The first-order chi connectivity index (χ1) is 9.47. The van der Waals surface area contributed by atoms with Gasteiger partial charge in [0.05, 0.1) is 24.0 Å². The number of aliphatic hydroxyl groups excluding tert-OH is 2. The second-order valence-electron chi connectivity index (χ2n) is 6.04. The standard InChI is InChI=1S/C14H19NO5/c1-2-15-13(19)7-4-3-6-8(16)5-9(17)12(18)10(6)11(7)14(15)20/h6-7,9-12,17-18H,2-5H2,1H3/t6-,7+,9+,10-,11+,12+/m0/s1. The number of hydrogen-bond acceptors (Lipinski definition) is 5. The van der Waals surface area contributed by atoms with E-state index >= 15 is 0 Å². The number of ketones is 1. The second kappa shape index (κ2) is 4.63. The molecule has 2 saturated carbocycles. The molecule has 2 N–H and O–H groups in total. The molecular weight excluding hydrogens is 262 g/mol. The summed E-state index contributed by atoms with van der Waals surface area (Å²) >= 11 is 0. The Morgan fingerprint density at radius 2 is 1.75 bits per heavy atom. The molecule has 1 saturated heterocycles. The van der Waals surface area contributed by atoms with E-state index in [1.165, 1.54) is 4.90 Å². The highest BCUT2D eigenvalue weighted by Gasteiger charge is 2.59. The molecule has 3 fully saturated rings. The van der Waals surface area contributed by atoms with Gasteiger partial charge in [0.2, 0.25) is 11.8 Å². The van der Waals surface area contributed by atoms with Gasteiger partial charge in [-0.1, -0.05) is 0 Å². The van der Waals surface area contributed by atoms with Gasteiger partial charge in [0.15, 0.2) is 0 Å². The molecule has 110 valence electrons. The van der Waals surface area contributed by atoms with E-state index in [0.29, 0.717) is 19.4 Å². The van der Waals surface area contributed by atoms with Crippen LogP contribution in [0, 0.1) is 23.7 Å². The highest BCUT2D eigenvalue weighted by molar-refractivity contribution is 6.06. The van der Waals surface area contributed by atoms with Crippen LogP contribution in [0.4, 0.5) is 0 Å². The summed E-state index contributed by atoms with van der Waals surface area (Å²) < 4.78 is 0. The van der Waals surface area contributed by atoms with Crippen LogP contribution in [0.2, 0.25) is 0 Å². The average molecular weight is 281 g/mol. The highest BCUT2D eigenvalue weighted by Crippen LogP contribution is 2.49. The van der Waals surface area contributed by atoms with Crippen LogP contribution in [0.3, 0.4) is 0 Å². The molecule has 2 amide bonds. The van der Waals surface area contributed by atoms with Gasteiger partial charge in [-0.2, -0.15) is 0 Å². The van der Waals surface area contributed by atoms with E-state index in [9.17, 15) is 24.6 Å². The minimum absolute atomic E-state index is 0.0562. The molecule has 0 aromatic carbocycles. The lowest BCUT2D eigenvalue weighted by Gasteiger charge is -2.44. The Labute approximate surface area is 116 Å². The Morgan fingerprint density at radius 3 is 2.40 bits per heavy atom. The SMILES string of the molecule is CCN1C(=O)[C@H]2[C@H]3[C@H](O)[C@H](O)CC(=O)[C@@H]3CC[C@H]2C1=O. The maximum atomic E-state index is 12.4. The summed E-state index contributed by atoms with van der Waals surface area (Å²) in [6.07, 6.45) is -1.24. The van der Waals surface area contributed by atoms with Gasteiger partial charge >= 0.3 is 0 Å².